The van der Waals surface area contributed by atoms with E-state index in [2.05, 4.69) is 36.2 Å². The summed E-state index contributed by atoms with van der Waals surface area (Å²) in [4.78, 5) is 34.6. The molecule has 0 atom stereocenters. The van der Waals surface area contributed by atoms with Gasteiger partial charge in [-0.1, -0.05) is 86.1 Å². The molecule has 6 heteroatoms. The van der Waals surface area contributed by atoms with E-state index in [1.807, 2.05) is 90.0 Å². The number of hydrogen-bond donors (Lipinski definition) is 1. The lowest BCUT2D eigenvalue weighted by Crippen LogP contribution is -2.43. The third-order valence-electron chi connectivity index (χ3n) is 7.85. The minimum Gasteiger partial charge on any atom is -0.497 e. The maximum absolute atomic E-state index is 13.9. The molecule has 1 heterocycles. The van der Waals surface area contributed by atoms with Gasteiger partial charge in [0.1, 0.15) is 12.3 Å². The normalized spacial score (nSPS) is 10.9. The summed E-state index contributed by atoms with van der Waals surface area (Å²) in [7, 11) is 1.64. The zero-order chi connectivity index (χ0) is 30.0. The van der Waals surface area contributed by atoms with Gasteiger partial charge >= 0.3 is 0 Å². The number of nitrogens with zero attached hydrogens (tertiary/aromatic N) is 2. The molecule has 0 saturated heterocycles. The number of ether oxygens (including phenoxy) is 1. The van der Waals surface area contributed by atoms with E-state index < -0.39 is 0 Å². The molecule has 5 aromatic rings. The Hall–Kier alpha value is -4.84. The molecule has 4 aromatic carbocycles. The first-order valence-corrected chi connectivity index (χ1v) is 15.0. The monoisotopic (exact) mass is 573 g/mol. The Kier molecular flexibility index (Phi) is 9.90. The minimum atomic E-state index is -0.123. The molecule has 0 unspecified atom stereocenters. The molecule has 5 rings (SSSR count). The van der Waals surface area contributed by atoms with E-state index in [0.29, 0.717) is 31.6 Å². The van der Waals surface area contributed by atoms with E-state index in [1.165, 1.54) is 5.56 Å². The summed E-state index contributed by atoms with van der Waals surface area (Å²) in [6.45, 7) is 3.64. The second-order valence-electron chi connectivity index (χ2n) is 10.8. The Morgan fingerprint density at radius 2 is 1.47 bits per heavy atom. The maximum Gasteiger partial charge on any atom is 0.254 e. The van der Waals surface area contributed by atoms with Crippen LogP contribution in [0, 0.1) is 0 Å². The van der Waals surface area contributed by atoms with Crippen molar-refractivity contribution in [3.05, 3.63) is 126 Å². The van der Waals surface area contributed by atoms with Gasteiger partial charge in [-0.05, 0) is 65.4 Å². The fourth-order valence-corrected chi connectivity index (χ4v) is 5.32. The van der Waals surface area contributed by atoms with Gasteiger partial charge in [0.15, 0.2) is 0 Å². The second-order valence-corrected chi connectivity index (χ2v) is 10.8. The number of unbranched alkanes of at least 4 members (excludes halogenated alkanes) is 1. The van der Waals surface area contributed by atoms with Crippen molar-refractivity contribution >= 4 is 22.7 Å². The molecule has 1 aromatic heterocycles. The molecule has 0 fully saturated rings. The lowest BCUT2D eigenvalue weighted by Gasteiger charge is -2.28. The van der Waals surface area contributed by atoms with Gasteiger partial charge in [0.25, 0.3) is 5.91 Å². The number of nitrogens with one attached hydrogen (secondary N) is 1. The molecule has 0 aliphatic heterocycles. The van der Waals surface area contributed by atoms with E-state index in [4.69, 9.17) is 4.74 Å². The van der Waals surface area contributed by atoms with Gasteiger partial charge in [-0.3, -0.25) is 9.59 Å². The highest BCUT2D eigenvalue weighted by Gasteiger charge is 2.23. The molecule has 6 nitrogen and oxygen atoms in total. The van der Waals surface area contributed by atoms with Gasteiger partial charge in [0, 0.05) is 42.3 Å². The number of H-pyrrole nitrogens is 1. The van der Waals surface area contributed by atoms with E-state index in [9.17, 15) is 9.59 Å². The Morgan fingerprint density at radius 3 is 2.19 bits per heavy atom. The first-order chi connectivity index (χ1) is 21.1. The number of aromatic amines is 1. The predicted molar refractivity (Wildman–Crippen MR) is 173 cm³/mol. The zero-order valence-electron chi connectivity index (χ0n) is 25.0. The average Bonchev–Trinajstić information content (AvgIpc) is 3.48. The molecule has 0 radical (unpaired) electrons. The van der Waals surface area contributed by atoms with Crippen LogP contribution in [-0.4, -0.2) is 53.3 Å². The van der Waals surface area contributed by atoms with Gasteiger partial charge in [0.05, 0.1) is 7.11 Å². The molecule has 43 heavy (non-hydrogen) atoms. The largest absolute Gasteiger partial charge is 0.497 e. The van der Waals surface area contributed by atoms with Crippen molar-refractivity contribution in [3.8, 4) is 16.9 Å². The van der Waals surface area contributed by atoms with Crippen molar-refractivity contribution in [1.82, 2.24) is 14.8 Å². The standard InChI is InChI=1S/C37H39N3O3/c1-3-4-23-40(37(42)31-18-16-30(17-19-31)29-10-6-5-7-11-29)27-36(41)39(26-28-14-20-33(43-2)21-15-28)24-22-32-25-38-35-13-9-8-12-34(32)35/h5-21,25,38H,3-4,22-24,26-27H2,1-2H3. The average molecular weight is 574 g/mol. The molecule has 1 N–H and O–H groups in total. The topological polar surface area (TPSA) is 65.6 Å². The highest BCUT2D eigenvalue weighted by Crippen LogP contribution is 2.22. The smallest absolute Gasteiger partial charge is 0.254 e. The van der Waals surface area contributed by atoms with Crippen LogP contribution in [0.15, 0.2) is 109 Å². The summed E-state index contributed by atoms with van der Waals surface area (Å²) >= 11 is 0. The number of benzene rings is 4. The van der Waals surface area contributed by atoms with Crippen LogP contribution in [0.1, 0.15) is 41.3 Å². The summed E-state index contributed by atoms with van der Waals surface area (Å²) in [6, 6.07) is 33.8. The summed E-state index contributed by atoms with van der Waals surface area (Å²) in [6.07, 6.45) is 4.49. The number of para-hydroxylation sites is 1. The van der Waals surface area contributed by atoms with E-state index in [0.717, 1.165) is 46.2 Å². The molecular formula is C37H39N3O3. The van der Waals surface area contributed by atoms with Gasteiger partial charge in [-0.25, -0.2) is 0 Å². The van der Waals surface area contributed by atoms with Crippen LogP contribution in [0.2, 0.25) is 0 Å². The number of rotatable bonds is 13. The summed E-state index contributed by atoms with van der Waals surface area (Å²) in [5, 5.41) is 1.16. The summed E-state index contributed by atoms with van der Waals surface area (Å²) in [5.41, 5.74) is 6.00. The van der Waals surface area contributed by atoms with Crippen molar-refractivity contribution in [2.24, 2.45) is 0 Å². The van der Waals surface area contributed by atoms with Crippen LogP contribution >= 0.6 is 0 Å². The van der Waals surface area contributed by atoms with Crippen LogP contribution in [0.3, 0.4) is 0 Å². The SMILES string of the molecule is CCCCN(CC(=O)N(CCc1c[nH]c2ccccc12)Cc1ccc(OC)cc1)C(=O)c1ccc(-c2ccccc2)cc1. The molecular weight excluding hydrogens is 534 g/mol. The zero-order valence-corrected chi connectivity index (χ0v) is 25.0. The number of methoxy groups -OCH3 is 1. The van der Waals surface area contributed by atoms with E-state index in [1.54, 1.807) is 12.0 Å². The fourth-order valence-electron chi connectivity index (χ4n) is 5.32. The molecule has 0 bridgehead atoms. The van der Waals surface area contributed by atoms with Crippen molar-refractivity contribution in [1.29, 1.82) is 0 Å². The van der Waals surface area contributed by atoms with E-state index in [-0.39, 0.29) is 18.4 Å². The second kappa shape index (κ2) is 14.4. The van der Waals surface area contributed by atoms with Crippen molar-refractivity contribution in [2.45, 2.75) is 32.7 Å². The third-order valence-corrected chi connectivity index (χ3v) is 7.85. The van der Waals surface area contributed by atoms with Crippen molar-refractivity contribution < 1.29 is 14.3 Å². The maximum atomic E-state index is 13.9. The van der Waals surface area contributed by atoms with Gasteiger partial charge in [-0.2, -0.15) is 0 Å². The van der Waals surface area contributed by atoms with E-state index >= 15 is 0 Å². The Morgan fingerprint density at radius 1 is 0.767 bits per heavy atom. The fraction of sp³-hybridized carbons (Fsp3) is 0.243. The van der Waals surface area contributed by atoms with Crippen LogP contribution in [0.5, 0.6) is 5.75 Å². The Balaban J connectivity index is 1.34. The van der Waals surface area contributed by atoms with Crippen LogP contribution in [0.25, 0.3) is 22.0 Å². The molecule has 2 amide bonds. The highest BCUT2D eigenvalue weighted by molar-refractivity contribution is 5.97. The lowest BCUT2D eigenvalue weighted by molar-refractivity contribution is -0.132. The number of hydrogen-bond acceptors (Lipinski definition) is 3. The molecule has 220 valence electrons. The molecule has 0 aliphatic carbocycles. The minimum absolute atomic E-state index is 0.0311. The van der Waals surface area contributed by atoms with Crippen LogP contribution < -0.4 is 4.74 Å². The Bertz CT molecular complexity index is 1630. The number of amides is 2. The number of carbonyl (C=O) groups is 2. The molecule has 0 aliphatic rings. The van der Waals surface area contributed by atoms with Crippen LogP contribution in [0.4, 0.5) is 0 Å². The first kappa shape index (κ1) is 29.6. The predicted octanol–water partition coefficient (Wildman–Crippen LogP) is 7.36. The van der Waals surface area contributed by atoms with Crippen molar-refractivity contribution in [2.75, 3.05) is 26.7 Å². The number of carbonyl (C=O) groups excluding carboxylic acids is 2. The number of aromatic nitrogens is 1. The quantitative estimate of drug-likeness (QED) is 0.160. The van der Waals surface area contributed by atoms with Gasteiger partial charge < -0.3 is 19.5 Å². The number of fused-ring (bicyclic) bond motifs is 1. The van der Waals surface area contributed by atoms with Gasteiger partial charge in [0.2, 0.25) is 5.91 Å². The Labute approximate surface area is 253 Å². The summed E-state index contributed by atoms with van der Waals surface area (Å²) < 4.78 is 5.32. The van der Waals surface area contributed by atoms with Crippen LogP contribution in [-0.2, 0) is 17.8 Å². The first-order valence-electron chi connectivity index (χ1n) is 15.0. The summed E-state index contributed by atoms with van der Waals surface area (Å²) in [5.74, 6) is 0.582. The van der Waals surface area contributed by atoms with Crippen molar-refractivity contribution in [3.63, 3.8) is 0 Å². The lowest BCUT2D eigenvalue weighted by atomic mass is 10.0. The molecule has 0 spiro atoms. The third kappa shape index (κ3) is 7.52. The van der Waals surface area contributed by atoms with Gasteiger partial charge in [-0.15, -0.1) is 0 Å². The molecule has 0 saturated carbocycles. The highest BCUT2D eigenvalue weighted by atomic mass is 16.5.